The minimum absolute atomic E-state index is 0.103. The summed E-state index contributed by atoms with van der Waals surface area (Å²) in [5.74, 6) is -1.48. The van der Waals surface area contributed by atoms with Crippen LogP contribution in [0.15, 0.2) is 89.5 Å². The lowest BCUT2D eigenvalue weighted by Crippen LogP contribution is -2.30. The lowest BCUT2D eigenvalue weighted by Gasteiger charge is -2.12. The van der Waals surface area contributed by atoms with Crippen molar-refractivity contribution in [2.24, 2.45) is 0 Å². The number of ether oxygens (including phenoxy) is 1. The van der Waals surface area contributed by atoms with Gasteiger partial charge in [-0.1, -0.05) is 42.5 Å². The molecule has 0 aromatic heterocycles. The van der Waals surface area contributed by atoms with Gasteiger partial charge in [0.25, 0.3) is 11.8 Å². The van der Waals surface area contributed by atoms with Crippen molar-refractivity contribution in [3.05, 3.63) is 101 Å². The molecule has 190 valence electrons. The van der Waals surface area contributed by atoms with Crippen LogP contribution < -0.4 is 10.6 Å². The Balaban J connectivity index is 1.69. The van der Waals surface area contributed by atoms with Crippen LogP contribution in [0, 0.1) is 6.92 Å². The van der Waals surface area contributed by atoms with E-state index in [1.807, 2.05) is 37.3 Å². The lowest BCUT2D eigenvalue weighted by atomic mass is 10.1. The van der Waals surface area contributed by atoms with E-state index in [1.54, 1.807) is 61.5 Å². The molecule has 3 rings (SSSR count). The zero-order valence-electron chi connectivity index (χ0n) is 20.7. The highest BCUT2D eigenvalue weighted by Crippen LogP contribution is 2.21. The molecule has 0 radical (unpaired) electrons. The Labute approximate surface area is 220 Å². The van der Waals surface area contributed by atoms with Crippen LogP contribution in [-0.2, 0) is 19.1 Å². The van der Waals surface area contributed by atoms with Crippen LogP contribution in [0.25, 0.3) is 6.08 Å². The molecule has 0 spiro atoms. The monoisotopic (exact) mass is 516 g/mol. The number of benzene rings is 3. The Morgan fingerprint density at radius 3 is 2.24 bits per heavy atom. The fourth-order valence-electron chi connectivity index (χ4n) is 3.27. The van der Waals surface area contributed by atoms with Crippen LogP contribution >= 0.6 is 11.8 Å². The van der Waals surface area contributed by atoms with Crippen molar-refractivity contribution in [3.63, 3.8) is 0 Å². The molecule has 0 fully saturated rings. The Hall–Kier alpha value is -4.17. The van der Waals surface area contributed by atoms with Gasteiger partial charge in [-0.25, -0.2) is 0 Å². The molecule has 2 N–H and O–H groups in total. The van der Waals surface area contributed by atoms with Gasteiger partial charge in [-0.3, -0.25) is 19.2 Å². The molecule has 0 aliphatic rings. The molecule has 0 atom stereocenters. The summed E-state index contributed by atoms with van der Waals surface area (Å²) >= 11 is 1.29. The number of carbonyl (C=O) groups excluding carboxylic acids is 4. The molecule has 37 heavy (non-hydrogen) atoms. The van der Waals surface area contributed by atoms with Crippen LogP contribution in [0.1, 0.15) is 34.8 Å². The van der Waals surface area contributed by atoms with Crippen LogP contribution in [0.5, 0.6) is 0 Å². The molecule has 0 saturated heterocycles. The van der Waals surface area contributed by atoms with Crippen LogP contribution in [0.3, 0.4) is 0 Å². The second-order valence-electron chi connectivity index (χ2n) is 8.02. The molecule has 0 aliphatic heterocycles. The number of rotatable bonds is 11. The van der Waals surface area contributed by atoms with Gasteiger partial charge in [-0.15, -0.1) is 11.8 Å². The van der Waals surface area contributed by atoms with Gasteiger partial charge >= 0.3 is 5.97 Å². The van der Waals surface area contributed by atoms with E-state index < -0.39 is 17.8 Å². The minimum atomic E-state index is -0.528. The molecule has 3 aromatic rings. The number of anilines is 1. The number of hydrogen-bond donors (Lipinski definition) is 2. The highest BCUT2D eigenvalue weighted by molar-refractivity contribution is 8.00. The number of amides is 2. The molecule has 0 saturated carbocycles. The topological polar surface area (TPSA) is 102 Å². The summed E-state index contributed by atoms with van der Waals surface area (Å²) in [6.07, 6.45) is 1.39. The fourth-order valence-corrected chi connectivity index (χ4v) is 4.03. The highest BCUT2D eigenvalue weighted by atomic mass is 32.2. The summed E-state index contributed by atoms with van der Waals surface area (Å²) in [4.78, 5) is 50.1. The number of ketones is 1. The number of Topliss-reactive ketones (excluding diaryl/α,β-unsaturated/α-hetero) is 1. The van der Waals surface area contributed by atoms with E-state index in [9.17, 15) is 19.2 Å². The first-order valence-corrected chi connectivity index (χ1v) is 12.7. The van der Waals surface area contributed by atoms with Gasteiger partial charge in [0.2, 0.25) is 0 Å². The normalized spacial score (nSPS) is 10.9. The van der Waals surface area contributed by atoms with Crippen molar-refractivity contribution in [3.8, 4) is 0 Å². The minimum Gasteiger partial charge on any atom is -0.466 e. The van der Waals surface area contributed by atoms with E-state index >= 15 is 0 Å². The van der Waals surface area contributed by atoms with Crippen molar-refractivity contribution in [1.82, 2.24) is 5.32 Å². The van der Waals surface area contributed by atoms with E-state index in [1.165, 1.54) is 11.8 Å². The Morgan fingerprint density at radius 2 is 1.57 bits per heavy atom. The smallest absolute Gasteiger partial charge is 0.313 e. The summed E-state index contributed by atoms with van der Waals surface area (Å²) < 4.78 is 4.79. The number of thioether (sulfide) groups is 1. The molecular weight excluding hydrogens is 488 g/mol. The fraction of sp³-hybridized carbons (Fsp3) is 0.172. The van der Waals surface area contributed by atoms with Gasteiger partial charge in [0, 0.05) is 16.1 Å². The molecular formula is C29H28N2O5S. The quantitative estimate of drug-likeness (QED) is 0.161. The maximum absolute atomic E-state index is 13.2. The van der Waals surface area contributed by atoms with Gasteiger partial charge in [0.05, 0.1) is 12.4 Å². The third-order valence-corrected chi connectivity index (χ3v) is 6.25. The summed E-state index contributed by atoms with van der Waals surface area (Å²) in [7, 11) is 0. The number of hydrogen-bond acceptors (Lipinski definition) is 6. The second kappa shape index (κ2) is 13.8. The zero-order chi connectivity index (χ0) is 26.6. The predicted molar refractivity (Wildman–Crippen MR) is 145 cm³/mol. The van der Waals surface area contributed by atoms with Crippen molar-refractivity contribution in [2.75, 3.05) is 17.7 Å². The molecule has 0 unspecified atom stereocenters. The first-order chi connectivity index (χ1) is 17.9. The first kappa shape index (κ1) is 27.4. The maximum atomic E-state index is 13.2. The van der Waals surface area contributed by atoms with Gasteiger partial charge in [0.15, 0.2) is 5.78 Å². The van der Waals surface area contributed by atoms with E-state index in [0.717, 1.165) is 16.0 Å². The summed E-state index contributed by atoms with van der Waals surface area (Å²) in [6.45, 7) is 3.86. The molecule has 2 amide bonds. The Morgan fingerprint density at radius 1 is 0.892 bits per heavy atom. The van der Waals surface area contributed by atoms with Crippen molar-refractivity contribution < 1.29 is 23.9 Å². The van der Waals surface area contributed by atoms with Crippen molar-refractivity contribution in [2.45, 2.75) is 25.2 Å². The van der Waals surface area contributed by atoms with E-state index in [4.69, 9.17) is 4.74 Å². The molecule has 3 aromatic carbocycles. The Kier molecular flexibility index (Phi) is 10.2. The molecule has 8 heteroatoms. The standard InChI is InChI=1S/C29H28N2O5S/c1-3-36-27(33)18-24(32)19-37-25-15-13-23(14-16-25)30-29(35)26(17-22-12-8-7-9-20(22)2)31-28(34)21-10-5-4-6-11-21/h4-17H,3,18-19H2,1-2H3,(H,30,35)(H,31,34)/b26-17-. The summed E-state index contributed by atoms with van der Waals surface area (Å²) in [6, 6.07) is 23.2. The van der Waals surface area contributed by atoms with E-state index in [2.05, 4.69) is 10.6 Å². The van der Waals surface area contributed by atoms with Crippen LogP contribution in [-0.4, -0.2) is 35.9 Å². The zero-order valence-corrected chi connectivity index (χ0v) is 21.5. The molecule has 7 nitrogen and oxygen atoms in total. The average Bonchev–Trinajstić information content (AvgIpc) is 2.89. The lowest BCUT2D eigenvalue weighted by molar-refractivity contribution is -0.145. The van der Waals surface area contributed by atoms with Crippen molar-refractivity contribution >= 4 is 47.1 Å². The van der Waals surface area contributed by atoms with Crippen LogP contribution in [0.2, 0.25) is 0 Å². The number of esters is 1. The first-order valence-electron chi connectivity index (χ1n) is 11.7. The number of nitrogens with one attached hydrogen (secondary N) is 2. The largest absolute Gasteiger partial charge is 0.466 e. The number of aryl methyl sites for hydroxylation is 1. The van der Waals surface area contributed by atoms with Gasteiger partial charge < -0.3 is 15.4 Å². The van der Waals surface area contributed by atoms with E-state index in [0.29, 0.717) is 11.3 Å². The SMILES string of the molecule is CCOC(=O)CC(=O)CSc1ccc(NC(=O)/C(=C/c2ccccc2C)NC(=O)c2ccccc2)cc1. The molecule has 0 aliphatic carbocycles. The third kappa shape index (κ3) is 8.77. The van der Waals surface area contributed by atoms with Crippen LogP contribution in [0.4, 0.5) is 5.69 Å². The average molecular weight is 517 g/mol. The molecule has 0 heterocycles. The highest BCUT2D eigenvalue weighted by Gasteiger charge is 2.16. The summed E-state index contributed by atoms with van der Waals surface area (Å²) in [5.41, 5.74) is 2.83. The Bertz CT molecular complexity index is 1290. The predicted octanol–water partition coefficient (Wildman–Crippen LogP) is 5.02. The van der Waals surface area contributed by atoms with Crippen molar-refractivity contribution in [1.29, 1.82) is 0 Å². The molecule has 0 bridgehead atoms. The maximum Gasteiger partial charge on any atom is 0.313 e. The van der Waals surface area contributed by atoms with Gasteiger partial charge in [-0.2, -0.15) is 0 Å². The summed E-state index contributed by atoms with van der Waals surface area (Å²) in [5, 5.41) is 5.54. The van der Waals surface area contributed by atoms with Gasteiger partial charge in [-0.05, 0) is 67.4 Å². The third-order valence-electron chi connectivity index (χ3n) is 5.18. The number of carbonyl (C=O) groups is 4. The van der Waals surface area contributed by atoms with E-state index in [-0.39, 0.29) is 30.3 Å². The second-order valence-corrected chi connectivity index (χ2v) is 9.07. The van der Waals surface area contributed by atoms with Gasteiger partial charge in [0.1, 0.15) is 12.1 Å².